The second-order valence-corrected chi connectivity index (χ2v) is 6.47. The average molecular weight is 291 g/mol. The summed E-state index contributed by atoms with van der Waals surface area (Å²) < 4.78 is 0. The van der Waals surface area contributed by atoms with Crippen molar-refractivity contribution in [2.75, 3.05) is 38.6 Å². The normalized spacial score (nSPS) is 16.7. The molecule has 4 heteroatoms. The van der Waals surface area contributed by atoms with E-state index in [-0.39, 0.29) is 0 Å². The number of rotatable bonds is 4. The van der Waals surface area contributed by atoms with Gasteiger partial charge in [0, 0.05) is 30.9 Å². The second-order valence-electron chi connectivity index (χ2n) is 6.03. The summed E-state index contributed by atoms with van der Waals surface area (Å²) in [6.07, 6.45) is 2.48. The number of thiocarbonyl (C=S) groups is 1. The largest absolute Gasteiger partial charge is 0.389 e. The first-order valence-corrected chi connectivity index (χ1v) is 7.69. The molecule has 0 spiro atoms. The van der Waals surface area contributed by atoms with Gasteiger partial charge in [-0.2, -0.15) is 0 Å². The van der Waals surface area contributed by atoms with Crippen LogP contribution in [0.3, 0.4) is 0 Å². The number of piperidine rings is 1. The zero-order chi connectivity index (χ0) is 14.7. The van der Waals surface area contributed by atoms with Crippen molar-refractivity contribution < 1.29 is 0 Å². The lowest BCUT2D eigenvalue weighted by atomic mass is 9.94. The van der Waals surface area contributed by atoms with Crippen LogP contribution in [0.2, 0.25) is 0 Å². The fraction of sp³-hybridized carbons (Fsp3) is 0.562. The molecule has 0 unspecified atom stereocenters. The summed E-state index contributed by atoms with van der Waals surface area (Å²) in [6.45, 7) is 5.52. The van der Waals surface area contributed by atoms with Crippen molar-refractivity contribution in [2.24, 2.45) is 11.7 Å². The molecule has 1 saturated heterocycles. The highest BCUT2D eigenvalue weighted by molar-refractivity contribution is 7.80. The number of hydrogen-bond donors (Lipinski definition) is 1. The van der Waals surface area contributed by atoms with Crippen LogP contribution in [0.1, 0.15) is 24.0 Å². The Labute approximate surface area is 127 Å². The third kappa shape index (κ3) is 3.49. The minimum atomic E-state index is 0.499. The van der Waals surface area contributed by atoms with Crippen LogP contribution in [0.4, 0.5) is 5.69 Å². The molecule has 0 aliphatic carbocycles. The molecule has 0 aromatic heterocycles. The Morgan fingerprint density at radius 3 is 2.55 bits per heavy atom. The zero-order valence-electron chi connectivity index (χ0n) is 12.7. The quantitative estimate of drug-likeness (QED) is 0.864. The molecule has 1 aliphatic rings. The van der Waals surface area contributed by atoms with Crippen LogP contribution >= 0.6 is 12.2 Å². The standard InChI is InChI=1S/C16H25N3S/c1-12-5-4-6-14(16(17)20)15(12)19-9-7-13(8-10-19)11-18(2)3/h4-6,13H,7-11H2,1-3H3,(H2,17,20). The van der Waals surface area contributed by atoms with Crippen molar-refractivity contribution >= 4 is 22.9 Å². The predicted molar refractivity (Wildman–Crippen MR) is 90.6 cm³/mol. The minimum absolute atomic E-state index is 0.499. The molecular formula is C16H25N3S. The Kier molecular flexibility index (Phi) is 5.00. The number of aryl methyl sites for hydroxylation is 1. The first-order valence-electron chi connectivity index (χ1n) is 7.28. The predicted octanol–water partition coefficient (Wildman–Crippen LogP) is 2.41. The summed E-state index contributed by atoms with van der Waals surface area (Å²) in [6, 6.07) is 6.21. The molecule has 0 saturated carbocycles. The third-order valence-corrected chi connectivity index (χ3v) is 4.28. The first kappa shape index (κ1) is 15.3. The molecule has 2 N–H and O–H groups in total. The summed E-state index contributed by atoms with van der Waals surface area (Å²) in [5.74, 6) is 0.804. The Hall–Kier alpha value is -1.13. The molecule has 1 fully saturated rings. The van der Waals surface area contributed by atoms with Gasteiger partial charge in [0.15, 0.2) is 0 Å². The van der Waals surface area contributed by atoms with Crippen molar-refractivity contribution in [2.45, 2.75) is 19.8 Å². The Morgan fingerprint density at radius 2 is 2.00 bits per heavy atom. The van der Waals surface area contributed by atoms with Gasteiger partial charge in [0.05, 0.1) is 0 Å². The monoisotopic (exact) mass is 291 g/mol. The molecule has 1 aromatic rings. The first-order chi connectivity index (χ1) is 9.49. The smallest absolute Gasteiger partial charge is 0.106 e. The van der Waals surface area contributed by atoms with Crippen molar-refractivity contribution in [3.63, 3.8) is 0 Å². The van der Waals surface area contributed by atoms with Gasteiger partial charge < -0.3 is 15.5 Å². The van der Waals surface area contributed by atoms with Crippen LogP contribution in [0.5, 0.6) is 0 Å². The zero-order valence-corrected chi connectivity index (χ0v) is 13.5. The van der Waals surface area contributed by atoms with Crippen LogP contribution in [-0.2, 0) is 0 Å². The van der Waals surface area contributed by atoms with Crippen LogP contribution < -0.4 is 10.6 Å². The van der Waals surface area contributed by atoms with E-state index in [0.717, 1.165) is 24.6 Å². The van der Waals surface area contributed by atoms with Gasteiger partial charge in [-0.05, 0) is 51.4 Å². The van der Waals surface area contributed by atoms with Gasteiger partial charge in [-0.15, -0.1) is 0 Å². The summed E-state index contributed by atoms with van der Waals surface area (Å²) in [4.78, 5) is 5.24. The van der Waals surface area contributed by atoms with Gasteiger partial charge in [0.2, 0.25) is 0 Å². The van der Waals surface area contributed by atoms with E-state index in [1.807, 2.05) is 12.1 Å². The second kappa shape index (κ2) is 6.55. The number of anilines is 1. The van der Waals surface area contributed by atoms with E-state index in [1.165, 1.54) is 30.6 Å². The van der Waals surface area contributed by atoms with E-state index >= 15 is 0 Å². The minimum Gasteiger partial charge on any atom is -0.389 e. The van der Waals surface area contributed by atoms with Gasteiger partial charge in [0.25, 0.3) is 0 Å². The molecule has 1 heterocycles. The van der Waals surface area contributed by atoms with E-state index in [2.05, 4.69) is 36.9 Å². The van der Waals surface area contributed by atoms with Crippen molar-refractivity contribution in [3.05, 3.63) is 29.3 Å². The van der Waals surface area contributed by atoms with E-state index in [1.54, 1.807) is 0 Å². The van der Waals surface area contributed by atoms with Crippen molar-refractivity contribution in [1.29, 1.82) is 0 Å². The number of nitrogens with two attached hydrogens (primary N) is 1. The maximum atomic E-state index is 5.88. The molecule has 0 bridgehead atoms. The highest BCUT2D eigenvalue weighted by Gasteiger charge is 2.22. The molecule has 20 heavy (non-hydrogen) atoms. The molecule has 1 aromatic carbocycles. The third-order valence-electron chi connectivity index (χ3n) is 4.06. The van der Waals surface area contributed by atoms with Crippen LogP contribution in [0.15, 0.2) is 18.2 Å². The lowest BCUT2D eigenvalue weighted by Crippen LogP contribution is -2.38. The number of para-hydroxylation sites is 1. The topological polar surface area (TPSA) is 32.5 Å². The van der Waals surface area contributed by atoms with Gasteiger partial charge in [-0.1, -0.05) is 24.4 Å². The van der Waals surface area contributed by atoms with Gasteiger partial charge >= 0.3 is 0 Å². The van der Waals surface area contributed by atoms with Gasteiger partial charge in [0.1, 0.15) is 4.99 Å². The molecule has 0 radical (unpaired) electrons. The number of benzene rings is 1. The Bertz CT molecular complexity index is 477. The fourth-order valence-corrected chi connectivity index (χ4v) is 3.30. The Morgan fingerprint density at radius 1 is 1.35 bits per heavy atom. The van der Waals surface area contributed by atoms with E-state index in [4.69, 9.17) is 18.0 Å². The maximum absolute atomic E-state index is 5.88. The van der Waals surface area contributed by atoms with Crippen LogP contribution in [0, 0.1) is 12.8 Å². The number of nitrogens with zero attached hydrogens (tertiary/aromatic N) is 2. The Balaban J connectivity index is 2.13. The van der Waals surface area contributed by atoms with Gasteiger partial charge in [-0.3, -0.25) is 0 Å². The van der Waals surface area contributed by atoms with Crippen molar-refractivity contribution in [3.8, 4) is 0 Å². The van der Waals surface area contributed by atoms with E-state index in [0.29, 0.717) is 4.99 Å². The summed E-state index contributed by atoms with van der Waals surface area (Å²) in [5.41, 5.74) is 9.41. The van der Waals surface area contributed by atoms with Crippen LogP contribution in [0.25, 0.3) is 0 Å². The number of hydrogen-bond acceptors (Lipinski definition) is 3. The fourth-order valence-electron chi connectivity index (χ4n) is 3.13. The van der Waals surface area contributed by atoms with Crippen LogP contribution in [-0.4, -0.2) is 43.6 Å². The average Bonchev–Trinajstić information content (AvgIpc) is 2.39. The lowest BCUT2D eigenvalue weighted by Gasteiger charge is -2.36. The van der Waals surface area contributed by atoms with E-state index < -0.39 is 0 Å². The van der Waals surface area contributed by atoms with Gasteiger partial charge in [-0.25, -0.2) is 0 Å². The summed E-state index contributed by atoms with van der Waals surface area (Å²) in [7, 11) is 4.30. The molecule has 2 rings (SSSR count). The molecular weight excluding hydrogens is 266 g/mol. The maximum Gasteiger partial charge on any atom is 0.106 e. The molecule has 110 valence electrons. The molecule has 3 nitrogen and oxygen atoms in total. The van der Waals surface area contributed by atoms with E-state index in [9.17, 15) is 0 Å². The lowest BCUT2D eigenvalue weighted by molar-refractivity contribution is 0.285. The SMILES string of the molecule is Cc1cccc(C(N)=S)c1N1CCC(CN(C)C)CC1. The highest BCUT2D eigenvalue weighted by atomic mass is 32.1. The summed E-state index contributed by atoms with van der Waals surface area (Å²) in [5, 5.41) is 0. The molecule has 1 aliphatic heterocycles. The molecule has 0 amide bonds. The van der Waals surface area contributed by atoms with Crippen molar-refractivity contribution in [1.82, 2.24) is 4.90 Å². The highest BCUT2D eigenvalue weighted by Crippen LogP contribution is 2.29. The molecule has 0 atom stereocenters. The summed E-state index contributed by atoms with van der Waals surface area (Å²) >= 11 is 5.20.